The third kappa shape index (κ3) is 4.34. The lowest BCUT2D eigenvalue weighted by Crippen LogP contribution is -2.09. The van der Waals surface area contributed by atoms with Crippen LogP contribution in [-0.4, -0.2) is 14.7 Å². The molecule has 0 saturated carbocycles. The van der Waals surface area contributed by atoms with Crippen molar-refractivity contribution in [3.8, 4) is 18.2 Å². The van der Waals surface area contributed by atoms with Crippen LogP contribution in [0.25, 0.3) is 0 Å². The van der Waals surface area contributed by atoms with Crippen molar-refractivity contribution in [2.45, 2.75) is 0 Å². The molecule has 0 aliphatic heterocycles. The molecule has 8 heteroatoms. The fourth-order valence-electron chi connectivity index (χ4n) is 1.30. The van der Waals surface area contributed by atoms with Gasteiger partial charge in [-0.3, -0.25) is 4.72 Å². The predicted octanol–water partition coefficient (Wildman–Crippen LogP) is 1.29. The van der Waals surface area contributed by atoms with E-state index in [1.54, 1.807) is 30.3 Å². The van der Waals surface area contributed by atoms with Crippen molar-refractivity contribution >= 4 is 21.4 Å². The molecule has 1 aromatic carbocycles. The number of hydrogen-bond acceptors (Lipinski definition) is 6. The Balaban J connectivity index is 3.10. The first-order valence-corrected chi connectivity index (χ1v) is 7.08. The van der Waals surface area contributed by atoms with E-state index in [9.17, 15) is 8.42 Å². The molecule has 2 N–H and O–H groups in total. The lowest BCUT2D eigenvalue weighted by molar-refractivity contribution is 0.607. The quantitative estimate of drug-likeness (QED) is 0.802. The Kier molecular flexibility index (Phi) is 4.69. The number of benzene rings is 1. The molecule has 1 aromatic rings. The van der Waals surface area contributed by atoms with Gasteiger partial charge in [-0.15, -0.1) is 0 Å². The van der Waals surface area contributed by atoms with Gasteiger partial charge in [0.25, 0.3) is 0 Å². The van der Waals surface area contributed by atoms with E-state index in [4.69, 9.17) is 15.8 Å². The number of rotatable bonds is 4. The van der Waals surface area contributed by atoms with E-state index in [1.807, 2.05) is 0 Å². The van der Waals surface area contributed by atoms with Gasteiger partial charge in [0.2, 0.25) is 10.0 Å². The van der Waals surface area contributed by atoms with E-state index in [0.29, 0.717) is 11.4 Å². The van der Waals surface area contributed by atoms with Crippen LogP contribution in [0.2, 0.25) is 0 Å². The summed E-state index contributed by atoms with van der Waals surface area (Å²) < 4.78 is 24.5. The number of hydrogen-bond donors (Lipinski definition) is 2. The maximum absolute atomic E-state index is 11.1. The number of nitrogens with zero attached hydrogens (tertiary/aromatic N) is 3. The van der Waals surface area contributed by atoms with Gasteiger partial charge in [-0.1, -0.05) is 6.07 Å². The molecule has 0 aliphatic carbocycles. The largest absolute Gasteiger partial charge is 0.345 e. The Labute approximate surface area is 116 Å². The van der Waals surface area contributed by atoms with Crippen molar-refractivity contribution in [2.75, 3.05) is 16.3 Å². The highest BCUT2D eigenvalue weighted by Crippen LogP contribution is 2.18. The molecule has 0 aliphatic rings. The topological polar surface area (TPSA) is 130 Å². The highest BCUT2D eigenvalue weighted by Gasteiger charge is 2.07. The Morgan fingerprint density at radius 3 is 2.20 bits per heavy atom. The highest BCUT2D eigenvalue weighted by molar-refractivity contribution is 7.92. The molecule has 0 fully saturated rings. The lowest BCUT2D eigenvalue weighted by Gasteiger charge is -2.08. The zero-order valence-corrected chi connectivity index (χ0v) is 11.2. The van der Waals surface area contributed by atoms with E-state index in [2.05, 4.69) is 10.0 Å². The first kappa shape index (κ1) is 15.0. The molecule has 0 radical (unpaired) electrons. The molecule has 0 heterocycles. The average Bonchev–Trinajstić information content (AvgIpc) is 2.37. The molecule has 0 unspecified atom stereocenters. The summed E-state index contributed by atoms with van der Waals surface area (Å²) in [6, 6.07) is 11.0. The second-order valence-electron chi connectivity index (χ2n) is 3.67. The summed E-state index contributed by atoms with van der Waals surface area (Å²) in [6.45, 7) is 0. The van der Waals surface area contributed by atoms with Gasteiger partial charge in [-0.05, 0) is 18.2 Å². The average molecular weight is 287 g/mol. The number of allylic oxidation sites excluding steroid dienone is 2. The molecule has 20 heavy (non-hydrogen) atoms. The lowest BCUT2D eigenvalue weighted by atomic mass is 10.2. The smallest absolute Gasteiger partial charge is 0.229 e. The zero-order valence-electron chi connectivity index (χ0n) is 10.4. The van der Waals surface area contributed by atoms with E-state index in [-0.39, 0.29) is 11.3 Å². The van der Waals surface area contributed by atoms with E-state index < -0.39 is 10.0 Å². The van der Waals surface area contributed by atoms with E-state index >= 15 is 0 Å². The Morgan fingerprint density at radius 2 is 1.70 bits per heavy atom. The molecule has 100 valence electrons. The Morgan fingerprint density at radius 1 is 1.10 bits per heavy atom. The van der Waals surface area contributed by atoms with Gasteiger partial charge >= 0.3 is 0 Å². The number of nitriles is 3. The minimum Gasteiger partial charge on any atom is -0.345 e. The van der Waals surface area contributed by atoms with Gasteiger partial charge in [0, 0.05) is 5.69 Å². The summed E-state index contributed by atoms with van der Waals surface area (Å²) in [5.41, 5.74) is 0.115. The number of sulfonamides is 1. The van der Waals surface area contributed by atoms with Crippen LogP contribution >= 0.6 is 0 Å². The van der Waals surface area contributed by atoms with Gasteiger partial charge in [0.15, 0.2) is 5.57 Å². The Bertz CT molecular complexity index is 759. The fourth-order valence-corrected chi connectivity index (χ4v) is 1.86. The summed E-state index contributed by atoms with van der Waals surface area (Å²) in [5, 5.41) is 28.9. The van der Waals surface area contributed by atoms with Crippen molar-refractivity contribution in [3.63, 3.8) is 0 Å². The molecule has 0 saturated heterocycles. The molecular weight excluding hydrogens is 278 g/mol. The third-order valence-electron chi connectivity index (χ3n) is 2.02. The number of anilines is 2. The van der Waals surface area contributed by atoms with Crippen LogP contribution in [0.4, 0.5) is 11.4 Å². The van der Waals surface area contributed by atoms with Crippen LogP contribution in [-0.2, 0) is 10.0 Å². The van der Waals surface area contributed by atoms with Crippen molar-refractivity contribution < 1.29 is 8.42 Å². The standard InChI is InChI=1S/C12H9N5O2S/c1-20(18,19)17-11-4-2-3-10(5-11)16-12(8-15)9(6-13)7-14/h2-5,16-17H,1H3. The molecular formula is C12H9N5O2S. The molecule has 7 nitrogen and oxygen atoms in total. The SMILES string of the molecule is CS(=O)(=O)Nc1cccc(NC(C#N)=C(C#N)C#N)c1. The normalized spacial score (nSPS) is 9.50. The van der Waals surface area contributed by atoms with E-state index in [1.165, 1.54) is 12.1 Å². The third-order valence-corrected chi connectivity index (χ3v) is 2.63. The van der Waals surface area contributed by atoms with Crippen molar-refractivity contribution in [1.82, 2.24) is 0 Å². The minimum atomic E-state index is -3.41. The van der Waals surface area contributed by atoms with Crippen LogP contribution in [0.5, 0.6) is 0 Å². The molecule has 0 amide bonds. The minimum absolute atomic E-state index is 0.202. The van der Waals surface area contributed by atoms with Crippen LogP contribution < -0.4 is 10.0 Å². The van der Waals surface area contributed by atoms with Crippen LogP contribution in [0.1, 0.15) is 0 Å². The monoisotopic (exact) mass is 287 g/mol. The van der Waals surface area contributed by atoms with Gasteiger partial charge in [0.1, 0.15) is 23.9 Å². The highest BCUT2D eigenvalue weighted by atomic mass is 32.2. The van der Waals surface area contributed by atoms with Crippen LogP contribution in [0, 0.1) is 34.0 Å². The number of nitrogens with one attached hydrogen (secondary N) is 2. The first-order valence-electron chi connectivity index (χ1n) is 5.19. The summed E-state index contributed by atoms with van der Waals surface area (Å²) in [7, 11) is -3.41. The molecule has 0 spiro atoms. The second kappa shape index (κ2) is 6.24. The van der Waals surface area contributed by atoms with Crippen LogP contribution in [0.15, 0.2) is 35.5 Å². The van der Waals surface area contributed by atoms with Crippen molar-refractivity contribution in [2.24, 2.45) is 0 Å². The predicted molar refractivity (Wildman–Crippen MR) is 72.4 cm³/mol. The van der Waals surface area contributed by atoms with Gasteiger partial charge < -0.3 is 5.32 Å². The summed E-state index contributed by atoms with van der Waals surface area (Å²) in [4.78, 5) is 0. The first-order chi connectivity index (χ1) is 9.39. The molecule has 0 bridgehead atoms. The maximum Gasteiger partial charge on any atom is 0.229 e. The summed E-state index contributed by atoms with van der Waals surface area (Å²) >= 11 is 0. The molecule has 0 aromatic heterocycles. The van der Waals surface area contributed by atoms with Crippen molar-refractivity contribution in [3.05, 3.63) is 35.5 Å². The van der Waals surface area contributed by atoms with Crippen molar-refractivity contribution in [1.29, 1.82) is 15.8 Å². The summed E-state index contributed by atoms with van der Waals surface area (Å²) in [5.74, 6) is 0. The van der Waals surface area contributed by atoms with Crippen LogP contribution in [0.3, 0.4) is 0 Å². The molecule has 0 atom stereocenters. The second-order valence-corrected chi connectivity index (χ2v) is 5.41. The van der Waals surface area contributed by atoms with Gasteiger partial charge in [0.05, 0.1) is 11.9 Å². The summed E-state index contributed by atoms with van der Waals surface area (Å²) in [6.07, 6.45) is 1.01. The zero-order chi connectivity index (χ0) is 15.2. The Hall–Kier alpha value is -3.02. The van der Waals surface area contributed by atoms with E-state index in [0.717, 1.165) is 6.26 Å². The maximum atomic E-state index is 11.1. The fraction of sp³-hybridized carbons (Fsp3) is 0.0833. The van der Waals surface area contributed by atoms with Gasteiger partial charge in [-0.25, -0.2) is 8.42 Å². The van der Waals surface area contributed by atoms with Gasteiger partial charge in [-0.2, -0.15) is 15.8 Å². The molecule has 1 rings (SSSR count).